The van der Waals surface area contributed by atoms with E-state index in [0.29, 0.717) is 19.1 Å². The van der Waals surface area contributed by atoms with Crippen molar-refractivity contribution in [3.8, 4) is 0 Å². The molecule has 6 heteroatoms. The number of aromatic nitrogens is 1. The van der Waals surface area contributed by atoms with Crippen LogP contribution in [0.25, 0.3) is 0 Å². The zero-order chi connectivity index (χ0) is 14.4. The van der Waals surface area contributed by atoms with E-state index in [4.69, 9.17) is 15.0 Å². The Balaban J connectivity index is 1.52. The van der Waals surface area contributed by atoms with Crippen molar-refractivity contribution in [1.29, 1.82) is 0 Å². The van der Waals surface area contributed by atoms with Crippen LogP contribution in [0, 0.1) is 11.3 Å². The molecule has 0 spiro atoms. The lowest BCUT2D eigenvalue weighted by Crippen LogP contribution is -2.40. The molecule has 1 saturated carbocycles. The second kappa shape index (κ2) is 4.81. The first-order valence-electron chi connectivity index (χ1n) is 7.75. The molecule has 0 radical (unpaired) electrons. The van der Waals surface area contributed by atoms with E-state index in [1.165, 1.54) is 0 Å². The van der Waals surface area contributed by atoms with Crippen molar-refractivity contribution >= 4 is 5.91 Å². The number of hydrogen-bond donors (Lipinski definition) is 1. The molecule has 1 saturated heterocycles. The molecule has 3 aliphatic rings. The third kappa shape index (κ3) is 2.00. The summed E-state index contributed by atoms with van der Waals surface area (Å²) in [5.41, 5.74) is 7.46. The molecule has 6 nitrogen and oxygen atoms in total. The molecule has 21 heavy (non-hydrogen) atoms. The Morgan fingerprint density at radius 3 is 3.24 bits per heavy atom. The van der Waals surface area contributed by atoms with Gasteiger partial charge < -0.3 is 15.0 Å². The van der Waals surface area contributed by atoms with Gasteiger partial charge in [-0.1, -0.05) is 11.6 Å². The standard InChI is InChI=1S/C15H21N3O3/c16-14(19)15-4-1-2-10(15)6-18(9-15)7-12-11-8-20-5-3-13(11)21-17-12/h10H,1-9H2,(H2,16,19)/t10-,15-/m0/s1. The summed E-state index contributed by atoms with van der Waals surface area (Å²) in [6, 6.07) is 0. The van der Waals surface area contributed by atoms with Crippen LogP contribution in [0.5, 0.6) is 0 Å². The van der Waals surface area contributed by atoms with Gasteiger partial charge in [0.1, 0.15) is 11.5 Å². The van der Waals surface area contributed by atoms with Gasteiger partial charge in [-0.25, -0.2) is 0 Å². The number of primary amides is 1. The quantitative estimate of drug-likeness (QED) is 0.892. The maximum atomic E-state index is 11.9. The number of carbonyl (C=O) groups is 1. The lowest BCUT2D eigenvalue weighted by molar-refractivity contribution is -0.128. The molecular weight excluding hydrogens is 270 g/mol. The van der Waals surface area contributed by atoms with Gasteiger partial charge in [-0.05, 0) is 18.8 Å². The maximum Gasteiger partial charge on any atom is 0.225 e. The Hall–Kier alpha value is -1.40. The van der Waals surface area contributed by atoms with Crippen LogP contribution < -0.4 is 5.73 Å². The molecule has 3 heterocycles. The second-order valence-corrected chi connectivity index (χ2v) is 6.61. The number of carbonyl (C=O) groups excluding carboxylic acids is 1. The van der Waals surface area contributed by atoms with Crippen molar-refractivity contribution in [1.82, 2.24) is 10.1 Å². The van der Waals surface area contributed by atoms with Gasteiger partial charge >= 0.3 is 0 Å². The molecule has 2 aliphatic heterocycles. The fraction of sp³-hybridized carbons (Fsp3) is 0.733. The minimum Gasteiger partial charge on any atom is -0.376 e. The van der Waals surface area contributed by atoms with Gasteiger partial charge in [0.05, 0.1) is 18.6 Å². The first-order valence-corrected chi connectivity index (χ1v) is 7.75. The zero-order valence-corrected chi connectivity index (χ0v) is 12.1. The number of nitrogens with zero attached hydrogens (tertiary/aromatic N) is 2. The van der Waals surface area contributed by atoms with Gasteiger partial charge in [0.25, 0.3) is 0 Å². The third-order valence-corrected chi connectivity index (χ3v) is 5.48. The minimum absolute atomic E-state index is 0.127. The van der Waals surface area contributed by atoms with Crippen molar-refractivity contribution in [2.75, 3.05) is 19.7 Å². The molecule has 0 unspecified atom stereocenters. The van der Waals surface area contributed by atoms with Gasteiger partial charge in [0.15, 0.2) is 0 Å². The summed E-state index contributed by atoms with van der Waals surface area (Å²) in [5.74, 6) is 1.24. The van der Waals surface area contributed by atoms with Crippen LogP contribution in [0.4, 0.5) is 0 Å². The Labute approximate surface area is 123 Å². The molecule has 2 atom stereocenters. The second-order valence-electron chi connectivity index (χ2n) is 6.61. The van der Waals surface area contributed by atoms with Crippen LogP contribution in [-0.2, 0) is 29.1 Å². The molecule has 1 aromatic rings. The molecule has 2 fully saturated rings. The van der Waals surface area contributed by atoms with Gasteiger partial charge in [-0.3, -0.25) is 9.69 Å². The molecule has 0 aromatic carbocycles. The summed E-state index contributed by atoms with van der Waals surface area (Å²) in [6.45, 7) is 3.72. The maximum absolute atomic E-state index is 11.9. The predicted octanol–water partition coefficient (Wildman–Crippen LogP) is 0.835. The minimum atomic E-state index is -0.305. The topological polar surface area (TPSA) is 81.6 Å². The Bertz CT molecular complexity index is 571. The monoisotopic (exact) mass is 291 g/mol. The van der Waals surface area contributed by atoms with E-state index < -0.39 is 0 Å². The van der Waals surface area contributed by atoms with E-state index in [1.807, 2.05) is 0 Å². The number of ether oxygens (including phenoxy) is 1. The molecule has 4 rings (SSSR count). The number of likely N-dealkylation sites (tertiary alicyclic amines) is 1. The molecule has 1 aromatic heterocycles. The van der Waals surface area contributed by atoms with Gasteiger partial charge in [0, 0.05) is 31.6 Å². The van der Waals surface area contributed by atoms with Crippen LogP contribution in [-0.4, -0.2) is 35.7 Å². The fourth-order valence-corrected chi connectivity index (χ4v) is 4.33. The van der Waals surface area contributed by atoms with Crippen molar-refractivity contribution in [2.45, 2.75) is 38.8 Å². The van der Waals surface area contributed by atoms with Crippen molar-refractivity contribution in [3.05, 3.63) is 17.0 Å². The highest BCUT2D eigenvalue weighted by atomic mass is 16.5. The summed E-state index contributed by atoms with van der Waals surface area (Å²) >= 11 is 0. The predicted molar refractivity (Wildman–Crippen MR) is 74.1 cm³/mol. The average molecular weight is 291 g/mol. The van der Waals surface area contributed by atoms with E-state index in [1.54, 1.807) is 0 Å². The zero-order valence-electron chi connectivity index (χ0n) is 12.1. The fourth-order valence-electron chi connectivity index (χ4n) is 4.33. The lowest BCUT2D eigenvalue weighted by Gasteiger charge is -2.24. The van der Waals surface area contributed by atoms with E-state index in [2.05, 4.69) is 10.1 Å². The van der Waals surface area contributed by atoms with Crippen molar-refractivity contribution in [3.63, 3.8) is 0 Å². The van der Waals surface area contributed by atoms with Crippen molar-refractivity contribution in [2.24, 2.45) is 17.1 Å². The SMILES string of the molecule is NC(=O)[C@]12CCC[C@H]1CN(Cc1noc3c1COCC3)C2. The van der Waals surface area contributed by atoms with E-state index in [0.717, 1.165) is 62.3 Å². The van der Waals surface area contributed by atoms with Gasteiger partial charge in [-0.15, -0.1) is 0 Å². The average Bonchev–Trinajstić information content (AvgIpc) is 3.12. The summed E-state index contributed by atoms with van der Waals surface area (Å²) in [6.07, 6.45) is 3.97. The van der Waals surface area contributed by atoms with E-state index in [-0.39, 0.29) is 11.3 Å². The number of nitrogens with two attached hydrogens (primary N) is 1. The van der Waals surface area contributed by atoms with Crippen molar-refractivity contribution < 1.29 is 14.1 Å². The molecule has 114 valence electrons. The smallest absolute Gasteiger partial charge is 0.225 e. The summed E-state index contributed by atoms with van der Waals surface area (Å²) in [5, 5.41) is 4.21. The molecule has 1 aliphatic carbocycles. The number of amides is 1. The Kier molecular flexibility index (Phi) is 3.04. The number of rotatable bonds is 3. The van der Waals surface area contributed by atoms with Crippen LogP contribution in [0.2, 0.25) is 0 Å². The highest BCUT2D eigenvalue weighted by molar-refractivity contribution is 5.82. The van der Waals surface area contributed by atoms with Gasteiger partial charge in [-0.2, -0.15) is 0 Å². The largest absolute Gasteiger partial charge is 0.376 e. The highest BCUT2D eigenvalue weighted by Crippen LogP contribution is 2.48. The molecule has 1 amide bonds. The summed E-state index contributed by atoms with van der Waals surface area (Å²) in [7, 11) is 0. The van der Waals surface area contributed by atoms with E-state index >= 15 is 0 Å². The first-order chi connectivity index (χ1) is 10.2. The highest BCUT2D eigenvalue weighted by Gasteiger charge is 2.53. The summed E-state index contributed by atoms with van der Waals surface area (Å²) < 4.78 is 10.9. The van der Waals surface area contributed by atoms with Crippen LogP contribution in [0.1, 0.15) is 36.3 Å². The number of fused-ring (bicyclic) bond motifs is 2. The summed E-state index contributed by atoms with van der Waals surface area (Å²) in [4.78, 5) is 14.2. The van der Waals surface area contributed by atoms with Crippen LogP contribution in [0.3, 0.4) is 0 Å². The Morgan fingerprint density at radius 1 is 1.52 bits per heavy atom. The Morgan fingerprint density at radius 2 is 2.43 bits per heavy atom. The first kappa shape index (κ1) is 13.3. The van der Waals surface area contributed by atoms with Crippen LogP contribution >= 0.6 is 0 Å². The van der Waals surface area contributed by atoms with Gasteiger partial charge in [0.2, 0.25) is 5.91 Å². The molecule has 0 bridgehead atoms. The van der Waals surface area contributed by atoms with E-state index in [9.17, 15) is 4.79 Å². The lowest BCUT2D eigenvalue weighted by atomic mass is 9.80. The number of hydrogen-bond acceptors (Lipinski definition) is 5. The third-order valence-electron chi connectivity index (χ3n) is 5.48. The molecular formula is C15H21N3O3. The normalized spacial score (nSPS) is 32.1. The van der Waals surface area contributed by atoms with Crippen LogP contribution in [0.15, 0.2) is 4.52 Å². The molecule has 2 N–H and O–H groups in total.